The Bertz CT molecular complexity index is 660. The van der Waals surface area contributed by atoms with Crippen molar-refractivity contribution in [2.75, 3.05) is 17.2 Å². The van der Waals surface area contributed by atoms with E-state index in [4.69, 9.17) is 5.73 Å². The summed E-state index contributed by atoms with van der Waals surface area (Å²) in [6, 6.07) is 8.44. The third kappa shape index (κ3) is 3.65. The minimum Gasteiger partial charge on any atom is -0.383 e. The van der Waals surface area contributed by atoms with Crippen molar-refractivity contribution in [3.8, 4) is 0 Å². The van der Waals surface area contributed by atoms with Gasteiger partial charge in [0.2, 0.25) is 0 Å². The molecule has 0 bridgehead atoms. The van der Waals surface area contributed by atoms with Crippen LogP contribution in [0.25, 0.3) is 0 Å². The number of hydrogen-bond acceptors (Lipinski definition) is 6. The number of aryl methyl sites for hydroxylation is 1. The fourth-order valence-electron chi connectivity index (χ4n) is 2.03. The number of nitrogen functional groups attached to an aromatic ring is 1. The molecule has 21 heavy (non-hydrogen) atoms. The highest BCUT2D eigenvalue weighted by molar-refractivity contribution is 5.54. The van der Waals surface area contributed by atoms with Crippen molar-refractivity contribution < 1.29 is 4.92 Å². The Balaban J connectivity index is 2.31. The molecule has 0 unspecified atom stereocenters. The van der Waals surface area contributed by atoms with Gasteiger partial charge in [0, 0.05) is 12.2 Å². The van der Waals surface area contributed by atoms with E-state index in [1.54, 1.807) is 0 Å². The average molecular weight is 287 g/mol. The third-order valence-corrected chi connectivity index (χ3v) is 3.03. The van der Waals surface area contributed by atoms with Crippen molar-refractivity contribution in [2.24, 2.45) is 0 Å². The fraction of sp³-hybridized carbons (Fsp3) is 0.286. The molecule has 0 amide bonds. The molecule has 0 radical (unpaired) electrons. The number of rotatable bonds is 5. The van der Waals surface area contributed by atoms with Crippen LogP contribution in [-0.4, -0.2) is 21.4 Å². The largest absolute Gasteiger partial charge is 0.383 e. The molecule has 0 aliphatic rings. The molecule has 2 aromatic rings. The van der Waals surface area contributed by atoms with Gasteiger partial charge in [0.15, 0.2) is 0 Å². The first kappa shape index (κ1) is 14.7. The van der Waals surface area contributed by atoms with Crippen LogP contribution in [0.15, 0.2) is 30.3 Å². The van der Waals surface area contributed by atoms with Crippen molar-refractivity contribution >= 4 is 17.3 Å². The second-order valence-corrected chi connectivity index (χ2v) is 4.65. The van der Waals surface area contributed by atoms with Crippen LogP contribution in [0.4, 0.5) is 17.3 Å². The average Bonchev–Trinajstić information content (AvgIpc) is 2.44. The maximum atomic E-state index is 10.9. The number of aromatic nitrogens is 2. The highest BCUT2D eigenvalue weighted by Gasteiger charge is 2.14. The molecule has 0 aliphatic carbocycles. The van der Waals surface area contributed by atoms with Gasteiger partial charge in [-0.15, -0.1) is 0 Å². The monoisotopic (exact) mass is 287 g/mol. The summed E-state index contributed by atoms with van der Waals surface area (Å²) in [4.78, 5) is 20.9. The van der Waals surface area contributed by atoms with Gasteiger partial charge >= 0.3 is 0 Å². The summed E-state index contributed by atoms with van der Waals surface area (Å²) >= 11 is 0. The normalized spacial score (nSPS) is 10.4. The molecule has 110 valence electrons. The topological polar surface area (TPSA) is 98.2 Å². The summed E-state index contributed by atoms with van der Waals surface area (Å²) in [7, 11) is 0. The lowest BCUT2D eigenvalue weighted by Crippen LogP contribution is -2.24. The van der Waals surface area contributed by atoms with E-state index in [1.807, 2.05) is 36.9 Å². The first-order chi connectivity index (χ1) is 9.99. The van der Waals surface area contributed by atoms with Gasteiger partial charge in [0.1, 0.15) is 11.6 Å². The summed E-state index contributed by atoms with van der Waals surface area (Å²) in [6.07, 6.45) is 0. The molecule has 0 saturated carbocycles. The molecule has 0 aromatic carbocycles. The summed E-state index contributed by atoms with van der Waals surface area (Å²) in [5.41, 5.74) is 7.39. The van der Waals surface area contributed by atoms with E-state index in [-0.39, 0.29) is 11.5 Å². The predicted octanol–water partition coefficient (Wildman–Crippen LogP) is 2.30. The van der Waals surface area contributed by atoms with E-state index < -0.39 is 4.92 Å². The zero-order valence-electron chi connectivity index (χ0n) is 12.0. The van der Waals surface area contributed by atoms with Gasteiger partial charge in [0.25, 0.3) is 5.69 Å². The zero-order chi connectivity index (χ0) is 15.4. The Labute approximate surface area is 122 Å². The number of nitrogens with zero attached hydrogens (tertiary/aromatic N) is 4. The summed E-state index contributed by atoms with van der Waals surface area (Å²) < 4.78 is 0. The Hall–Kier alpha value is -2.70. The van der Waals surface area contributed by atoms with Crippen molar-refractivity contribution in [1.29, 1.82) is 0 Å². The molecule has 7 nitrogen and oxygen atoms in total. The SMILES string of the molecule is CCN(Cc1cccc(C)n1)c1cc([N+](=O)[O-])cc(N)n1. The lowest BCUT2D eigenvalue weighted by atomic mass is 10.3. The molecule has 0 aliphatic heterocycles. The first-order valence-electron chi connectivity index (χ1n) is 6.59. The Morgan fingerprint density at radius 2 is 2.10 bits per heavy atom. The number of nitro groups is 1. The van der Waals surface area contributed by atoms with E-state index in [1.165, 1.54) is 12.1 Å². The molecule has 0 spiro atoms. The minimum absolute atomic E-state index is 0.0619. The smallest absolute Gasteiger partial charge is 0.276 e. The molecule has 2 rings (SSSR count). The van der Waals surface area contributed by atoms with Crippen LogP contribution < -0.4 is 10.6 Å². The number of nitrogens with two attached hydrogens (primary N) is 1. The fourth-order valence-corrected chi connectivity index (χ4v) is 2.03. The van der Waals surface area contributed by atoms with Crippen molar-refractivity contribution in [2.45, 2.75) is 20.4 Å². The van der Waals surface area contributed by atoms with Crippen LogP contribution in [0.2, 0.25) is 0 Å². The van der Waals surface area contributed by atoms with Gasteiger partial charge in [0.05, 0.1) is 29.3 Å². The maximum absolute atomic E-state index is 10.9. The van der Waals surface area contributed by atoms with Crippen LogP contribution >= 0.6 is 0 Å². The minimum atomic E-state index is -0.472. The summed E-state index contributed by atoms with van der Waals surface area (Å²) in [5, 5.41) is 10.9. The van der Waals surface area contributed by atoms with Crippen molar-refractivity contribution in [3.05, 3.63) is 51.8 Å². The van der Waals surface area contributed by atoms with Gasteiger partial charge in [-0.25, -0.2) is 4.98 Å². The molecular formula is C14H17N5O2. The van der Waals surface area contributed by atoms with Crippen LogP contribution in [0.5, 0.6) is 0 Å². The Morgan fingerprint density at radius 1 is 1.33 bits per heavy atom. The quantitative estimate of drug-likeness (QED) is 0.669. The van der Waals surface area contributed by atoms with E-state index in [0.29, 0.717) is 18.9 Å². The van der Waals surface area contributed by atoms with Crippen molar-refractivity contribution in [3.63, 3.8) is 0 Å². The second-order valence-electron chi connectivity index (χ2n) is 4.65. The summed E-state index contributed by atoms with van der Waals surface area (Å²) in [6.45, 7) is 5.03. The molecular weight excluding hydrogens is 270 g/mol. The van der Waals surface area contributed by atoms with Crippen LogP contribution in [-0.2, 0) is 6.54 Å². The van der Waals surface area contributed by atoms with E-state index >= 15 is 0 Å². The Morgan fingerprint density at radius 3 is 2.71 bits per heavy atom. The van der Waals surface area contributed by atoms with Gasteiger partial charge in [-0.2, -0.15) is 0 Å². The zero-order valence-corrected chi connectivity index (χ0v) is 12.0. The molecule has 0 fully saturated rings. The summed E-state index contributed by atoms with van der Waals surface area (Å²) in [5.74, 6) is 0.613. The van der Waals surface area contributed by atoms with Crippen LogP contribution in [0, 0.1) is 17.0 Å². The molecule has 2 heterocycles. The molecule has 0 atom stereocenters. The third-order valence-electron chi connectivity index (χ3n) is 3.03. The highest BCUT2D eigenvalue weighted by atomic mass is 16.6. The lowest BCUT2D eigenvalue weighted by molar-refractivity contribution is -0.384. The van der Waals surface area contributed by atoms with Crippen LogP contribution in [0.3, 0.4) is 0 Å². The molecule has 2 aromatic heterocycles. The van der Waals surface area contributed by atoms with E-state index in [2.05, 4.69) is 9.97 Å². The highest BCUT2D eigenvalue weighted by Crippen LogP contribution is 2.22. The van der Waals surface area contributed by atoms with Gasteiger partial charge < -0.3 is 10.6 Å². The van der Waals surface area contributed by atoms with E-state index in [0.717, 1.165) is 11.4 Å². The lowest BCUT2D eigenvalue weighted by Gasteiger charge is -2.21. The predicted molar refractivity (Wildman–Crippen MR) is 81.0 cm³/mol. The number of pyridine rings is 2. The van der Waals surface area contributed by atoms with Crippen molar-refractivity contribution in [1.82, 2.24) is 9.97 Å². The standard InChI is InChI=1S/C14H17N5O2/c1-3-18(9-11-6-4-5-10(2)16-11)14-8-12(19(20)21)7-13(15)17-14/h4-8H,3,9H2,1-2H3,(H2,15,17). The van der Waals surface area contributed by atoms with Crippen LogP contribution in [0.1, 0.15) is 18.3 Å². The number of anilines is 2. The van der Waals surface area contributed by atoms with E-state index in [9.17, 15) is 10.1 Å². The molecule has 2 N–H and O–H groups in total. The Kier molecular flexibility index (Phi) is 4.32. The number of hydrogen-bond donors (Lipinski definition) is 1. The van der Waals surface area contributed by atoms with Gasteiger partial charge in [-0.1, -0.05) is 6.07 Å². The second kappa shape index (κ2) is 6.17. The molecule has 0 saturated heterocycles. The van der Waals surface area contributed by atoms with Gasteiger partial charge in [-0.05, 0) is 26.0 Å². The first-order valence-corrected chi connectivity index (χ1v) is 6.59. The maximum Gasteiger partial charge on any atom is 0.276 e. The van der Waals surface area contributed by atoms with Gasteiger partial charge in [-0.3, -0.25) is 15.1 Å². The molecule has 7 heteroatoms.